The Kier molecular flexibility index (Phi) is 5.13. The fourth-order valence-corrected chi connectivity index (χ4v) is 4.68. The van der Waals surface area contributed by atoms with Crippen molar-refractivity contribution in [2.45, 2.75) is 45.4 Å². The zero-order valence-corrected chi connectivity index (χ0v) is 16.7. The summed E-state index contributed by atoms with van der Waals surface area (Å²) >= 11 is 1.33. The Labute approximate surface area is 168 Å². The summed E-state index contributed by atoms with van der Waals surface area (Å²) < 4.78 is 0. The van der Waals surface area contributed by atoms with Crippen molar-refractivity contribution in [3.63, 3.8) is 0 Å². The van der Waals surface area contributed by atoms with Gasteiger partial charge in [-0.15, -0.1) is 11.3 Å². The van der Waals surface area contributed by atoms with Gasteiger partial charge in [0.2, 0.25) is 0 Å². The van der Waals surface area contributed by atoms with Gasteiger partial charge in [0.1, 0.15) is 9.71 Å². The molecule has 6 heteroatoms. The van der Waals surface area contributed by atoms with Crippen LogP contribution in [0.5, 0.6) is 0 Å². The second-order valence-corrected chi connectivity index (χ2v) is 8.30. The number of fused-ring (bicyclic) bond motifs is 2. The van der Waals surface area contributed by atoms with Crippen LogP contribution in [-0.2, 0) is 12.8 Å². The van der Waals surface area contributed by atoms with Crippen molar-refractivity contribution in [3.05, 3.63) is 52.0 Å². The Morgan fingerprint density at radius 2 is 1.89 bits per heavy atom. The van der Waals surface area contributed by atoms with E-state index in [-0.39, 0.29) is 11.7 Å². The molecule has 144 valence electrons. The maximum Gasteiger partial charge on any atom is 0.267 e. The minimum Gasteiger partial charge on any atom is -0.397 e. The van der Waals surface area contributed by atoms with Crippen molar-refractivity contribution in [3.8, 4) is 0 Å². The Morgan fingerprint density at radius 1 is 1.11 bits per heavy atom. The molecule has 0 aliphatic heterocycles. The predicted octanol–water partition coefficient (Wildman–Crippen LogP) is 4.99. The maximum absolute atomic E-state index is 12.8. The number of nitrogens with two attached hydrogens (primary N) is 1. The van der Waals surface area contributed by atoms with Crippen LogP contribution in [0.3, 0.4) is 0 Å². The van der Waals surface area contributed by atoms with Crippen molar-refractivity contribution in [2.75, 3.05) is 11.1 Å². The van der Waals surface area contributed by atoms with Crippen LogP contribution >= 0.6 is 11.3 Å². The SMILES string of the molecule is CC(=O)c1cccc(NC(=O)c2sc3nc4c(cc3c2N)CCCCCC4)c1. The van der Waals surface area contributed by atoms with E-state index in [0.29, 0.717) is 21.8 Å². The summed E-state index contributed by atoms with van der Waals surface area (Å²) in [5, 5.41) is 3.72. The molecule has 5 nitrogen and oxygen atoms in total. The molecule has 1 aromatic carbocycles. The van der Waals surface area contributed by atoms with Crippen molar-refractivity contribution < 1.29 is 9.59 Å². The quantitative estimate of drug-likeness (QED) is 0.614. The summed E-state index contributed by atoms with van der Waals surface area (Å²) in [5.74, 6) is -0.312. The molecule has 3 N–H and O–H groups in total. The fourth-order valence-electron chi connectivity index (χ4n) is 3.69. The number of ketones is 1. The van der Waals surface area contributed by atoms with E-state index in [9.17, 15) is 9.59 Å². The van der Waals surface area contributed by atoms with E-state index in [0.717, 1.165) is 35.2 Å². The van der Waals surface area contributed by atoms with E-state index in [1.54, 1.807) is 24.3 Å². The number of carbonyl (C=O) groups excluding carboxylic acids is 2. The van der Waals surface area contributed by atoms with Gasteiger partial charge in [0.05, 0.1) is 5.69 Å². The molecule has 0 saturated heterocycles. The minimum atomic E-state index is -0.270. The normalized spacial score (nSPS) is 14.2. The largest absolute Gasteiger partial charge is 0.397 e. The molecule has 0 bridgehead atoms. The number of Topliss-reactive ketones (excluding diaryl/α,β-unsaturated/α-hetero) is 1. The summed E-state index contributed by atoms with van der Waals surface area (Å²) in [7, 11) is 0. The van der Waals surface area contributed by atoms with Crippen molar-refractivity contribution in [2.24, 2.45) is 0 Å². The monoisotopic (exact) mass is 393 g/mol. The van der Waals surface area contributed by atoms with Crippen molar-refractivity contribution >= 4 is 44.6 Å². The number of aryl methyl sites for hydroxylation is 2. The summed E-state index contributed by atoms with van der Waals surface area (Å²) in [6, 6.07) is 9.04. The summed E-state index contributed by atoms with van der Waals surface area (Å²) in [6.45, 7) is 1.50. The highest BCUT2D eigenvalue weighted by atomic mass is 32.1. The number of hydrogen-bond donors (Lipinski definition) is 2. The van der Waals surface area contributed by atoms with E-state index < -0.39 is 0 Å². The van der Waals surface area contributed by atoms with Gasteiger partial charge in [-0.1, -0.05) is 25.0 Å². The van der Waals surface area contributed by atoms with Crippen LogP contribution in [0.2, 0.25) is 0 Å². The number of anilines is 2. The molecule has 3 aromatic rings. The molecule has 2 aromatic heterocycles. The number of thiophene rings is 1. The van der Waals surface area contributed by atoms with Gasteiger partial charge in [0.15, 0.2) is 5.78 Å². The van der Waals surface area contributed by atoms with E-state index in [4.69, 9.17) is 10.7 Å². The second-order valence-electron chi connectivity index (χ2n) is 7.30. The van der Waals surface area contributed by atoms with E-state index in [1.165, 1.54) is 43.1 Å². The van der Waals surface area contributed by atoms with Crippen LogP contribution < -0.4 is 11.1 Å². The van der Waals surface area contributed by atoms with E-state index in [1.807, 2.05) is 0 Å². The first-order valence-corrected chi connectivity index (χ1v) is 10.5. The molecule has 1 aliphatic carbocycles. The molecular weight excluding hydrogens is 370 g/mol. The number of aromatic nitrogens is 1. The highest BCUT2D eigenvalue weighted by molar-refractivity contribution is 7.21. The van der Waals surface area contributed by atoms with E-state index in [2.05, 4.69) is 11.4 Å². The number of carbonyl (C=O) groups is 2. The van der Waals surface area contributed by atoms with Gasteiger partial charge in [0.25, 0.3) is 5.91 Å². The fraction of sp³-hybridized carbons (Fsp3) is 0.318. The standard InChI is InChI=1S/C22H23N3O2S/c1-13(26)14-8-6-9-16(11-14)24-21(27)20-19(23)17-12-15-7-4-2-3-5-10-18(15)25-22(17)28-20/h6,8-9,11-12H,2-5,7,10,23H2,1H3,(H,24,27). The van der Waals surface area contributed by atoms with Gasteiger partial charge < -0.3 is 11.1 Å². The first-order chi connectivity index (χ1) is 13.5. The van der Waals surface area contributed by atoms with Crippen LogP contribution in [0, 0.1) is 0 Å². The van der Waals surface area contributed by atoms with Crippen LogP contribution in [0.25, 0.3) is 10.2 Å². The molecule has 4 rings (SSSR count). The lowest BCUT2D eigenvalue weighted by molar-refractivity contribution is 0.101. The van der Waals surface area contributed by atoms with Crippen LogP contribution in [0.15, 0.2) is 30.3 Å². The molecular formula is C22H23N3O2S. The predicted molar refractivity (Wildman–Crippen MR) is 114 cm³/mol. The first-order valence-electron chi connectivity index (χ1n) is 9.66. The number of hydrogen-bond acceptors (Lipinski definition) is 5. The Balaban J connectivity index is 1.66. The molecule has 0 fully saturated rings. The zero-order valence-electron chi connectivity index (χ0n) is 15.9. The summed E-state index contributed by atoms with van der Waals surface area (Å²) in [5.41, 5.74) is 10.4. The van der Waals surface area contributed by atoms with Gasteiger partial charge in [-0.3, -0.25) is 9.59 Å². The van der Waals surface area contributed by atoms with Crippen LogP contribution in [0.4, 0.5) is 11.4 Å². The Morgan fingerprint density at radius 3 is 2.68 bits per heavy atom. The first kappa shape index (κ1) is 18.6. The molecule has 28 heavy (non-hydrogen) atoms. The van der Waals surface area contributed by atoms with Gasteiger partial charge >= 0.3 is 0 Å². The van der Waals surface area contributed by atoms with Crippen molar-refractivity contribution in [1.29, 1.82) is 0 Å². The van der Waals surface area contributed by atoms with Gasteiger partial charge in [-0.05, 0) is 56.4 Å². The maximum atomic E-state index is 12.8. The van der Waals surface area contributed by atoms with Crippen LogP contribution in [0.1, 0.15) is 63.9 Å². The third-order valence-electron chi connectivity index (χ3n) is 5.23. The smallest absolute Gasteiger partial charge is 0.267 e. The third-order valence-corrected chi connectivity index (χ3v) is 6.35. The number of nitrogens with one attached hydrogen (secondary N) is 1. The number of rotatable bonds is 3. The number of pyridine rings is 1. The number of nitrogens with zero attached hydrogens (tertiary/aromatic N) is 1. The third kappa shape index (κ3) is 3.64. The summed E-state index contributed by atoms with van der Waals surface area (Å²) in [6.07, 6.45) is 6.84. The lowest BCUT2D eigenvalue weighted by Gasteiger charge is -2.12. The second kappa shape index (κ2) is 7.72. The van der Waals surface area contributed by atoms with E-state index >= 15 is 0 Å². The molecule has 1 aliphatic rings. The lowest BCUT2D eigenvalue weighted by Crippen LogP contribution is -2.12. The Hall–Kier alpha value is -2.73. The average molecular weight is 394 g/mol. The lowest BCUT2D eigenvalue weighted by atomic mass is 9.96. The molecule has 0 atom stereocenters. The minimum absolute atomic E-state index is 0.0425. The van der Waals surface area contributed by atoms with Crippen LogP contribution in [-0.4, -0.2) is 16.7 Å². The highest BCUT2D eigenvalue weighted by Crippen LogP contribution is 2.35. The summed E-state index contributed by atoms with van der Waals surface area (Å²) in [4.78, 5) is 30.5. The average Bonchev–Trinajstić information content (AvgIpc) is 2.98. The topological polar surface area (TPSA) is 85.1 Å². The molecule has 2 heterocycles. The molecule has 0 radical (unpaired) electrons. The number of amides is 1. The van der Waals surface area contributed by atoms with Gasteiger partial charge in [-0.2, -0.15) is 0 Å². The highest BCUT2D eigenvalue weighted by Gasteiger charge is 2.20. The Bertz CT molecular complexity index is 1070. The zero-order chi connectivity index (χ0) is 19.7. The van der Waals surface area contributed by atoms with Gasteiger partial charge in [-0.25, -0.2) is 4.98 Å². The van der Waals surface area contributed by atoms with Crippen molar-refractivity contribution in [1.82, 2.24) is 4.98 Å². The molecule has 1 amide bonds. The van der Waals surface area contributed by atoms with Gasteiger partial charge in [0, 0.05) is 22.3 Å². The number of nitrogen functional groups attached to an aromatic ring is 1. The number of benzene rings is 1. The molecule has 0 unspecified atom stereocenters. The molecule has 0 saturated carbocycles. The molecule has 0 spiro atoms.